The molecule has 178 valence electrons. The molecule has 1 fully saturated rings. The zero-order valence-electron chi connectivity index (χ0n) is 19.2. The number of fused-ring (bicyclic) bond motifs is 2. The number of oxazole rings is 1. The molecular weight excluding hydrogens is 476 g/mol. The lowest BCUT2D eigenvalue weighted by Crippen LogP contribution is -2.39. The highest BCUT2D eigenvalue weighted by atomic mass is 35.5. The Kier molecular flexibility index (Phi) is 5.66. The van der Waals surface area contributed by atoms with Crippen molar-refractivity contribution < 1.29 is 18.7 Å². The maximum absolute atomic E-state index is 12.4. The quantitative estimate of drug-likeness (QED) is 0.285. The lowest BCUT2D eigenvalue weighted by molar-refractivity contribution is -0.134. The van der Waals surface area contributed by atoms with Crippen molar-refractivity contribution in [1.29, 1.82) is 0 Å². The fraction of sp³-hybridized carbons (Fsp3) is 0.138. The molecule has 1 N–H and O–H groups in total. The first-order valence-corrected chi connectivity index (χ1v) is 12.1. The molecule has 2 heterocycles. The fourth-order valence-corrected chi connectivity index (χ4v) is 5.01. The van der Waals surface area contributed by atoms with Gasteiger partial charge >= 0.3 is 0 Å². The first-order valence-electron chi connectivity index (χ1n) is 11.7. The van der Waals surface area contributed by atoms with Crippen LogP contribution in [0.2, 0.25) is 5.02 Å². The summed E-state index contributed by atoms with van der Waals surface area (Å²) in [5.74, 6) is 0.272. The molecule has 36 heavy (non-hydrogen) atoms. The van der Waals surface area contributed by atoms with Crippen molar-refractivity contribution >= 4 is 45.3 Å². The number of imide groups is 1. The number of nitrogens with zero attached hydrogens (tertiary/aromatic N) is 1. The van der Waals surface area contributed by atoms with Crippen molar-refractivity contribution in [3.05, 3.63) is 95.3 Å². The van der Waals surface area contributed by atoms with E-state index < -0.39 is 5.92 Å². The van der Waals surface area contributed by atoms with Gasteiger partial charge in [0.15, 0.2) is 12.2 Å². The third-order valence-corrected chi connectivity index (χ3v) is 6.89. The predicted octanol–water partition coefficient (Wildman–Crippen LogP) is 6.40. The van der Waals surface area contributed by atoms with E-state index in [1.165, 1.54) is 0 Å². The second-order valence-corrected chi connectivity index (χ2v) is 9.18. The molecule has 7 heteroatoms. The van der Waals surface area contributed by atoms with E-state index in [4.69, 9.17) is 20.8 Å². The lowest BCUT2D eigenvalue weighted by Gasteiger charge is -2.23. The number of ether oxygens (including phenoxy) is 1. The van der Waals surface area contributed by atoms with E-state index in [0.29, 0.717) is 23.8 Å². The molecule has 1 saturated heterocycles. The van der Waals surface area contributed by atoms with Gasteiger partial charge in [0.05, 0.1) is 10.9 Å². The van der Waals surface area contributed by atoms with Gasteiger partial charge < -0.3 is 9.15 Å². The third kappa shape index (κ3) is 4.20. The molecule has 6 rings (SSSR count). The number of carbonyl (C=O) groups excluding carboxylic acids is 2. The molecule has 4 aromatic carbocycles. The van der Waals surface area contributed by atoms with Crippen molar-refractivity contribution in [3.8, 4) is 16.9 Å². The van der Waals surface area contributed by atoms with E-state index in [9.17, 15) is 9.59 Å². The minimum Gasteiger partial charge on any atom is -0.484 e. The number of carbonyl (C=O) groups is 2. The summed E-state index contributed by atoms with van der Waals surface area (Å²) in [5, 5.41) is 5.00. The van der Waals surface area contributed by atoms with Crippen LogP contribution in [0.5, 0.6) is 5.75 Å². The van der Waals surface area contributed by atoms with E-state index in [0.717, 1.165) is 44.3 Å². The average molecular weight is 497 g/mol. The van der Waals surface area contributed by atoms with Gasteiger partial charge in [0, 0.05) is 12.0 Å². The molecule has 1 aromatic heterocycles. The summed E-state index contributed by atoms with van der Waals surface area (Å²) < 4.78 is 11.7. The van der Waals surface area contributed by atoms with Gasteiger partial charge in [0.1, 0.15) is 11.3 Å². The van der Waals surface area contributed by atoms with Gasteiger partial charge in [-0.3, -0.25) is 14.9 Å². The molecule has 0 saturated carbocycles. The standard InChI is InChI=1S/C29H21ClN2O4/c30-28-21(4-3-5-22(28)23-12-13-26(33)32-29(23)34)19-9-8-18-15-20(11-10-17(18)14-19)35-16-27-31-24-6-1-2-7-25(24)36-27/h1-11,14-15,23H,12-13,16H2,(H,32,33,34). The van der Waals surface area contributed by atoms with Crippen molar-refractivity contribution in [2.45, 2.75) is 25.4 Å². The van der Waals surface area contributed by atoms with Crippen LogP contribution in [0.1, 0.15) is 30.2 Å². The second kappa shape index (κ2) is 9.13. The Hall–Kier alpha value is -4.16. The number of hydrogen-bond acceptors (Lipinski definition) is 5. The largest absolute Gasteiger partial charge is 0.484 e. The normalized spacial score (nSPS) is 15.9. The highest BCUT2D eigenvalue weighted by molar-refractivity contribution is 6.34. The summed E-state index contributed by atoms with van der Waals surface area (Å²) >= 11 is 6.78. The number of rotatable bonds is 5. The van der Waals surface area contributed by atoms with E-state index >= 15 is 0 Å². The number of amides is 2. The summed E-state index contributed by atoms with van der Waals surface area (Å²) in [4.78, 5) is 28.4. The van der Waals surface area contributed by atoms with Gasteiger partial charge in [0.2, 0.25) is 17.7 Å². The molecule has 1 atom stereocenters. The minimum atomic E-state index is -0.434. The zero-order valence-corrected chi connectivity index (χ0v) is 19.9. The first-order chi connectivity index (χ1) is 17.5. The Bertz CT molecular complexity index is 1610. The summed E-state index contributed by atoms with van der Waals surface area (Å²) in [6.45, 7) is 0.237. The number of benzene rings is 4. The summed E-state index contributed by atoms with van der Waals surface area (Å²) in [7, 11) is 0. The van der Waals surface area contributed by atoms with Crippen LogP contribution in [-0.2, 0) is 16.2 Å². The fourth-order valence-electron chi connectivity index (χ4n) is 4.64. The zero-order chi connectivity index (χ0) is 24.6. The predicted molar refractivity (Wildman–Crippen MR) is 138 cm³/mol. The molecule has 1 unspecified atom stereocenters. The van der Waals surface area contributed by atoms with Crippen molar-refractivity contribution in [2.75, 3.05) is 0 Å². The molecule has 0 radical (unpaired) electrons. The lowest BCUT2D eigenvalue weighted by atomic mass is 9.88. The third-order valence-electron chi connectivity index (χ3n) is 6.47. The summed E-state index contributed by atoms with van der Waals surface area (Å²) in [6, 6.07) is 25.3. The summed E-state index contributed by atoms with van der Waals surface area (Å²) in [6.07, 6.45) is 0.766. The van der Waals surface area contributed by atoms with Crippen LogP contribution in [0, 0.1) is 0 Å². The van der Waals surface area contributed by atoms with Gasteiger partial charge in [0.25, 0.3) is 0 Å². The molecule has 5 aromatic rings. The Balaban J connectivity index is 1.24. The monoisotopic (exact) mass is 496 g/mol. The van der Waals surface area contributed by atoms with Crippen molar-refractivity contribution in [3.63, 3.8) is 0 Å². The van der Waals surface area contributed by atoms with Crippen molar-refractivity contribution in [1.82, 2.24) is 10.3 Å². The van der Waals surface area contributed by atoms with Gasteiger partial charge in [-0.1, -0.05) is 60.1 Å². The number of nitrogens with one attached hydrogen (secondary N) is 1. The van der Waals surface area contributed by atoms with Crippen molar-refractivity contribution in [2.24, 2.45) is 0 Å². The number of piperidine rings is 1. The molecule has 2 amide bonds. The van der Waals surface area contributed by atoms with E-state index in [2.05, 4.69) is 16.4 Å². The maximum atomic E-state index is 12.4. The van der Waals surface area contributed by atoms with E-state index in [1.54, 1.807) is 0 Å². The molecule has 6 nitrogen and oxygen atoms in total. The number of para-hydroxylation sites is 2. The first kappa shape index (κ1) is 22.3. The van der Waals surface area contributed by atoms with Crippen LogP contribution >= 0.6 is 11.6 Å². The minimum absolute atomic E-state index is 0.237. The Morgan fingerprint density at radius 2 is 1.81 bits per heavy atom. The Labute approximate surface area is 211 Å². The molecule has 1 aliphatic heterocycles. The van der Waals surface area contributed by atoms with Crippen LogP contribution in [0.3, 0.4) is 0 Å². The van der Waals surface area contributed by atoms with Gasteiger partial charge in [-0.15, -0.1) is 0 Å². The summed E-state index contributed by atoms with van der Waals surface area (Å²) in [5.41, 5.74) is 4.08. The van der Waals surface area contributed by atoms with Gasteiger partial charge in [-0.25, -0.2) is 4.98 Å². The van der Waals surface area contributed by atoms with Gasteiger partial charge in [-0.2, -0.15) is 0 Å². The molecule has 0 spiro atoms. The van der Waals surface area contributed by atoms with E-state index in [1.807, 2.05) is 72.8 Å². The number of halogens is 1. The Morgan fingerprint density at radius 3 is 2.67 bits per heavy atom. The van der Waals surface area contributed by atoms with Crippen LogP contribution in [0.4, 0.5) is 0 Å². The number of hydrogen-bond donors (Lipinski definition) is 1. The highest BCUT2D eigenvalue weighted by Crippen LogP contribution is 2.38. The molecule has 0 aliphatic carbocycles. The van der Waals surface area contributed by atoms with E-state index in [-0.39, 0.29) is 18.4 Å². The van der Waals surface area contributed by atoms with Gasteiger partial charge in [-0.05, 0) is 58.7 Å². The second-order valence-electron chi connectivity index (χ2n) is 8.80. The van der Waals surface area contributed by atoms with Crippen LogP contribution in [0.25, 0.3) is 33.0 Å². The van der Waals surface area contributed by atoms with Crippen LogP contribution in [-0.4, -0.2) is 16.8 Å². The maximum Gasteiger partial charge on any atom is 0.234 e. The number of aromatic nitrogens is 1. The smallest absolute Gasteiger partial charge is 0.234 e. The average Bonchev–Trinajstić information content (AvgIpc) is 3.31. The molecular formula is C29H21ClN2O4. The molecule has 1 aliphatic rings. The topological polar surface area (TPSA) is 81.4 Å². The van der Waals surface area contributed by atoms with Crippen LogP contribution < -0.4 is 10.1 Å². The molecule has 0 bridgehead atoms. The van der Waals surface area contributed by atoms with Crippen LogP contribution in [0.15, 0.2) is 83.3 Å². The SMILES string of the molecule is O=C1CCC(c2cccc(-c3ccc4cc(OCc5nc6ccccc6o5)ccc4c3)c2Cl)C(=O)N1. The Morgan fingerprint density at radius 1 is 0.972 bits per heavy atom. The highest BCUT2D eigenvalue weighted by Gasteiger charge is 2.30.